The molecule has 0 aromatic heterocycles. The molecule has 10 heteroatoms. The minimum atomic E-state index is -1.16. The van der Waals surface area contributed by atoms with Crippen molar-refractivity contribution in [1.29, 1.82) is 0 Å². The van der Waals surface area contributed by atoms with Crippen molar-refractivity contribution >= 4 is 47.2 Å². The van der Waals surface area contributed by atoms with Gasteiger partial charge >= 0.3 is 12.0 Å². The number of nitrogens with one attached hydrogen (secondary N) is 1. The van der Waals surface area contributed by atoms with E-state index in [1.807, 2.05) is 0 Å². The molecule has 31 heavy (non-hydrogen) atoms. The zero-order chi connectivity index (χ0) is 22.5. The predicted molar refractivity (Wildman–Crippen MR) is 114 cm³/mol. The van der Waals surface area contributed by atoms with Gasteiger partial charge in [-0.05, 0) is 48.4 Å². The van der Waals surface area contributed by atoms with Gasteiger partial charge in [-0.1, -0.05) is 35.3 Å². The highest BCUT2D eigenvalue weighted by Gasteiger charge is 2.33. The molecule has 1 aliphatic rings. The quantitative estimate of drug-likeness (QED) is 0.452. The van der Waals surface area contributed by atoms with Crippen molar-refractivity contribution in [2.24, 2.45) is 0 Å². The van der Waals surface area contributed by atoms with Crippen molar-refractivity contribution in [3.8, 4) is 11.5 Å². The van der Waals surface area contributed by atoms with Gasteiger partial charge in [0.2, 0.25) is 0 Å². The van der Waals surface area contributed by atoms with Gasteiger partial charge in [0.1, 0.15) is 5.70 Å². The molecule has 2 aromatic carbocycles. The molecule has 1 aliphatic heterocycles. The Bertz CT molecular complexity index is 1050. The average molecular weight is 465 g/mol. The van der Waals surface area contributed by atoms with E-state index in [-0.39, 0.29) is 35.4 Å². The number of aliphatic carboxylic acids is 1. The molecule has 3 amide bonds. The van der Waals surface area contributed by atoms with Crippen LogP contribution in [0.25, 0.3) is 6.08 Å². The molecule has 2 aromatic rings. The van der Waals surface area contributed by atoms with Crippen LogP contribution in [0.5, 0.6) is 11.5 Å². The van der Waals surface area contributed by atoms with Gasteiger partial charge in [0.15, 0.2) is 18.1 Å². The average Bonchev–Trinajstić information content (AvgIpc) is 2.96. The maximum atomic E-state index is 12.7. The van der Waals surface area contributed by atoms with Crippen molar-refractivity contribution in [3.63, 3.8) is 0 Å². The molecule has 0 bridgehead atoms. The number of hydrogen-bond donors (Lipinski definition) is 2. The van der Waals surface area contributed by atoms with E-state index in [9.17, 15) is 14.4 Å². The fourth-order valence-corrected chi connectivity index (χ4v) is 3.26. The molecule has 8 nitrogen and oxygen atoms in total. The Morgan fingerprint density at radius 3 is 2.52 bits per heavy atom. The highest BCUT2D eigenvalue weighted by molar-refractivity contribution is 6.32. The summed E-state index contributed by atoms with van der Waals surface area (Å²) in [6.07, 6.45) is 1.46. The first-order valence-electron chi connectivity index (χ1n) is 9.18. The molecular formula is C21H18Cl2N2O6. The number of urea groups is 1. The van der Waals surface area contributed by atoms with E-state index in [2.05, 4.69) is 5.32 Å². The number of ether oxygens (including phenoxy) is 2. The molecule has 0 atom stereocenters. The van der Waals surface area contributed by atoms with Crippen LogP contribution in [-0.2, 0) is 16.1 Å². The molecule has 0 spiro atoms. The van der Waals surface area contributed by atoms with Gasteiger partial charge in [0, 0.05) is 5.02 Å². The van der Waals surface area contributed by atoms with Gasteiger partial charge in [0.25, 0.3) is 5.91 Å². The van der Waals surface area contributed by atoms with Crippen molar-refractivity contribution < 1.29 is 29.0 Å². The molecule has 1 saturated heterocycles. The van der Waals surface area contributed by atoms with Gasteiger partial charge in [-0.2, -0.15) is 0 Å². The number of amides is 3. The lowest BCUT2D eigenvalue weighted by molar-refractivity contribution is -0.139. The number of carbonyl (C=O) groups is 3. The summed E-state index contributed by atoms with van der Waals surface area (Å²) in [7, 11) is 0. The Morgan fingerprint density at radius 2 is 1.87 bits per heavy atom. The van der Waals surface area contributed by atoms with Crippen LogP contribution >= 0.6 is 23.2 Å². The first-order chi connectivity index (χ1) is 14.8. The van der Waals surface area contributed by atoms with E-state index >= 15 is 0 Å². The molecule has 1 fully saturated rings. The molecule has 3 rings (SSSR count). The maximum absolute atomic E-state index is 12.7. The summed E-state index contributed by atoms with van der Waals surface area (Å²) in [4.78, 5) is 36.9. The smallest absolute Gasteiger partial charge is 0.341 e. The second-order valence-corrected chi connectivity index (χ2v) is 7.29. The van der Waals surface area contributed by atoms with Crippen LogP contribution in [0.1, 0.15) is 18.1 Å². The van der Waals surface area contributed by atoms with Crippen LogP contribution in [0.3, 0.4) is 0 Å². The van der Waals surface area contributed by atoms with Crippen LogP contribution in [0.2, 0.25) is 10.0 Å². The van der Waals surface area contributed by atoms with Gasteiger partial charge in [-0.15, -0.1) is 0 Å². The van der Waals surface area contributed by atoms with E-state index in [1.54, 1.807) is 37.3 Å². The number of halogens is 2. The fourth-order valence-electron chi connectivity index (χ4n) is 2.86. The lowest BCUT2D eigenvalue weighted by Crippen LogP contribution is -2.30. The van der Waals surface area contributed by atoms with Gasteiger partial charge in [0.05, 0.1) is 18.2 Å². The zero-order valence-electron chi connectivity index (χ0n) is 16.4. The summed E-state index contributed by atoms with van der Waals surface area (Å²) in [6, 6.07) is 9.29. The SMILES string of the molecule is CCOc1cc(C=C2NC(=O)N(Cc3ccc(Cl)cc3)C2=O)cc(Cl)c1OCC(=O)O. The van der Waals surface area contributed by atoms with Crippen LogP contribution in [0.15, 0.2) is 42.1 Å². The van der Waals surface area contributed by atoms with Crippen molar-refractivity contribution in [3.05, 3.63) is 63.3 Å². The third-order valence-corrected chi connectivity index (χ3v) is 4.73. The molecule has 0 unspecified atom stereocenters. The van der Waals surface area contributed by atoms with E-state index in [4.69, 9.17) is 37.8 Å². The Hall–Kier alpha value is -3.23. The number of imide groups is 1. The summed E-state index contributed by atoms with van der Waals surface area (Å²) in [6.45, 7) is 1.53. The second-order valence-electron chi connectivity index (χ2n) is 6.45. The van der Waals surface area contributed by atoms with E-state index in [0.717, 1.165) is 10.5 Å². The normalized spacial score (nSPS) is 14.7. The molecule has 0 radical (unpaired) electrons. The molecule has 2 N–H and O–H groups in total. The lowest BCUT2D eigenvalue weighted by Gasteiger charge is -2.13. The minimum Gasteiger partial charge on any atom is -0.490 e. The first-order valence-corrected chi connectivity index (χ1v) is 9.94. The van der Waals surface area contributed by atoms with Gasteiger partial charge in [-0.3, -0.25) is 9.69 Å². The van der Waals surface area contributed by atoms with E-state index < -0.39 is 24.5 Å². The molecule has 0 aliphatic carbocycles. The largest absolute Gasteiger partial charge is 0.490 e. The monoisotopic (exact) mass is 464 g/mol. The second kappa shape index (κ2) is 9.72. The lowest BCUT2D eigenvalue weighted by atomic mass is 10.1. The zero-order valence-corrected chi connectivity index (χ0v) is 17.9. The highest BCUT2D eigenvalue weighted by Crippen LogP contribution is 2.37. The highest BCUT2D eigenvalue weighted by atomic mass is 35.5. The van der Waals surface area contributed by atoms with Crippen molar-refractivity contribution in [2.75, 3.05) is 13.2 Å². The Kier molecular flexibility index (Phi) is 7.04. The standard InChI is InChI=1S/C21H18Cl2N2O6/c1-2-30-17-9-13(7-15(23)19(17)31-11-18(26)27)8-16-20(28)25(21(29)24-16)10-12-3-5-14(22)6-4-12/h3-9H,2,10-11H2,1H3,(H,24,29)(H,26,27). The number of rotatable bonds is 8. The molecule has 162 valence electrons. The summed E-state index contributed by atoms with van der Waals surface area (Å²) < 4.78 is 10.7. The van der Waals surface area contributed by atoms with Gasteiger partial charge < -0.3 is 19.9 Å². The Labute approximate surface area is 187 Å². The van der Waals surface area contributed by atoms with Crippen LogP contribution < -0.4 is 14.8 Å². The molecule has 0 saturated carbocycles. The van der Waals surface area contributed by atoms with Crippen molar-refractivity contribution in [1.82, 2.24) is 10.2 Å². The number of carboxylic acid groups (broad SMARTS) is 1. The minimum absolute atomic E-state index is 0.0664. The number of nitrogens with zero attached hydrogens (tertiary/aromatic N) is 1. The molecular weight excluding hydrogens is 447 g/mol. The fraction of sp³-hybridized carbons (Fsp3) is 0.190. The first kappa shape index (κ1) is 22.5. The number of carboxylic acids is 1. The summed E-state index contributed by atoms with van der Waals surface area (Å²) >= 11 is 12.1. The number of carbonyl (C=O) groups excluding carboxylic acids is 2. The molecule has 1 heterocycles. The van der Waals surface area contributed by atoms with Crippen LogP contribution in [0.4, 0.5) is 4.79 Å². The predicted octanol–water partition coefficient (Wildman–Crippen LogP) is 3.95. The summed E-state index contributed by atoms with van der Waals surface area (Å²) in [5.41, 5.74) is 1.28. The third kappa shape index (κ3) is 5.48. The number of hydrogen-bond acceptors (Lipinski definition) is 5. The summed E-state index contributed by atoms with van der Waals surface area (Å²) in [5.74, 6) is -1.36. The van der Waals surface area contributed by atoms with Gasteiger partial charge in [-0.25, -0.2) is 9.59 Å². The Morgan fingerprint density at radius 1 is 1.16 bits per heavy atom. The summed E-state index contributed by atoms with van der Waals surface area (Å²) in [5, 5.41) is 12.0. The van der Waals surface area contributed by atoms with E-state index in [0.29, 0.717) is 10.6 Å². The van der Waals surface area contributed by atoms with E-state index in [1.165, 1.54) is 12.1 Å². The van der Waals surface area contributed by atoms with Crippen LogP contribution in [0, 0.1) is 0 Å². The van der Waals surface area contributed by atoms with Crippen molar-refractivity contribution in [2.45, 2.75) is 13.5 Å². The topological polar surface area (TPSA) is 105 Å². The third-order valence-electron chi connectivity index (χ3n) is 4.20. The maximum Gasteiger partial charge on any atom is 0.341 e. The number of benzene rings is 2. The van der Waals surface area contributed by atoms with Crippen LogP contribution in [-0.4, -0.2) is 41.1 Å². The Balaban J connectivity index is 1.85.